The lowest BCUT2D eigenvalue weighted by atomic mass is 9.77. The van der Waals surface area contributed by atoms with Crippen molar-refractivity contribution >= 4 is 32.8 Å². The van der Waals surface area contributed by atoms with Crippen LogP contribution in [-0.2, 0) is 9.14 Å². The summed E-state index contributed by atoms with van der Waals surface area (Å²) in [5, 5.41) is 19.9. The maximum absolute atomic E-state index is 9.94. The van der Waals surface area contributed by atoms with Crippen LogP contribution in [0.2, 0.25) is 0 Å². The molecule has 0 amide bonds. The van der Waals surface area contributed by atoms with E-state index in [-0.39, 0.29) is 0 Å². The van der Waals surface area contributed by atoms with Gasteiger partial charge in [0.05, 0.1) is 14.2 Å². The van der Waals surface area contributed by atoms with E-state index < -0.39 is 14.2 Å². The molecule has 0 aliphatic rings. The average molecular weight is 315 g/mol. The highest BCUT2D eigenvalue weighted by atomic mass is 16.6. The Labute approximate surface area is 135 Å². The molecule has 0 atom stereocenters. The molecule has 1 radical (unpaired) electrons. The molecular weight excluding hydrogens is 301 g/mol. The molecule has 0 saturated heterocycles. The fraction of sp³-hybridized carbons (Fsp3) is 0.167. The fourth-order valence-corrected chi connectivity index (χ4v) is 1.81. The molecule has 0 saturated carbocycles. The van der Waals surface area contributed by atoms with Gasteiger partial charge in [0, 0.05) is 35.7 Å². The molecule has 0 aromatic carbocycles. The van der Waals surface area contributed by atoms with Gasteiger partial charge in [-0.3, -0.25) is 9.97 Å². The topological polar surface area (TPSA) is 103 Å². The molecule has 0 unspecified atom stereocenters. The zero-order valence-corrected chi connectivity index (χ0v) is 12.6. The van der Waals surface area contributed by atoms with Crippen LogP contribution in [0.4, 0.5) is 0 Å². The second-order valence-electron chi connectivity index (χ2n) is 4.31. The van der Waals surface area contributed by atoms with Gasteiger partial charge in [0.25, 0.3) is 0 Å². The first-order chi connectivity index (χ1) is 11.2. The van der Waals surface area contributed by atoms with Crippen LogP contribution < -0.4 is 20.4 Å². The van der Waals surface area contributed by atoms with E-state index in [0.29, 0.717) is 22.4 Å². The highest BCUT2D eigenvalue weighted by Gasteiger charge is 2.26. The van der Waals surface area contributed by atoms with Gasteiger partial charge in [-0.25, -0.2) is 0 Å². The molecular formula is C12H14B3N2O6. The first-order valence-electron chi connectivity index (χ1n) is 6.62. The maximum Gasteiger partial charge on any atom is 0.482 e. The molecule has 0 aliphatic carbocycles. The summed E-state index contributed by atoms with van der Waals surface area (Å²) < 4.78 is 20.2. The lowest BCUT2D eigenvalue weighted by Gasteiger charge is -2.13. The highest BCUT2D eigenvalue weighted by molar-refractivity contribution is 6.69. The highest BCUT2D eigenvalue weighted by Crippen LogP contribution is 2.06. The van der Waals surface area contributed by atoms with Crippen molar-refractivity contribution < 1.29 is 28.7 Å². The predicted molar refractivity (Wildman–Crippen MR) is 84.7 cm³/mol. The van der Waals surface area contributed by atoms with E-state index >= 15 is 0 Å². The van der Waals surface area contributed by atoms with Gasteiger partial charge < -0.3 is 28.7 Å². The van der Waals surface area contributed by atoms with Crippen molar-refractivity contribution in [3.63, 3.8) is 0 Å². The van der Waals surface area contributed by atoms with Gasteiger partial charge in [0.1, 0.15) is 11.5 Å². The minimum Gasteiger partial charge on any atom is -0.497 e. The van der Waals surface area contributed by atoms with Crippen molar-refractivity contribution in [2.45, 2.75) is 0 Å². The number of pyridine rings is 2. The minimum atomic E-state index is -1.36. The van der Waals surface area contributed by atoms with Crippen LogP contribution in [-0.4, -0.2) is 56.2 Å². The summed E-state index contributed by atoms with van der Waals surface area (Å²) in [5.41, 5.74) is 0.645. The van der Waals surface area contributed by atoms with Crippen LogP contribution in [0.15, 0.2) is 36.9 Å². The molecule has 2 heterocycles. The number of hydrogen-bond acceptors (Lipinski definition) is 8. The molecule has 8 nitrogen and oxygen atoms in total. The zero-order chi connectivity index (χ0) is 16.7. The Bertz CT molecular complexity index is 582. The summed E-state index contributed by atoms with van der Waals surface area (Å²) >= 11 is 0. The monoisotopic (exact) mass is 315 g/mol. The van der Waals surface area contributed by atoms with Crippen LogP contribution >= 0.6 is 0 Å². The Hall–Kier alpha value is -2.07. The quantitative estimate of drug-likeness (QED) is 0.547. The van der Waals surface area contributed by atoms with Gasteiger partial charge >= 0.3 is 21.9 Å². The van der Waals surface area contributed by atoms with Crippen molar-refractivity contribution in [3.8, 4) is 11.5 Å². The van der Waals surface area contributed by atoms with E-state index in [4.69, 9.17) is 18.6 Å². The summed E-state index contributed by atoms with van der Waals surface area (Å²) in [5.74, 6) is 0.825. The first kappa shape index (κ1) is 17.3. The zero-order valence-electron chi connectivity index (χ0n) is 12.6. The summed E-state index contributed by atoms with van der Waals surface area (Å²) in [6.07, 6.45) is 5.84. The summed E-state index contributed by atoms with van der Waals surface area (Å²) in [6.45, 7) is 0. The van der Waals surface area contributed by atoms with Gasteiger partial charge in [0.2, 0.25) is 0 Å². The van der Waals surface area contributed by atoms with Crippen LogP contribution in [0, 0.1) is 0 Å². The SMILES string of the molecule is COc1ccncc1B(O)O[B]OB(O)c1cnccc1OC. The average Bonchev–Trinajstić information content (AvgIpc) is 2.61. The number of ether oxygens (including phenoxy) is 2. The molecule has 117 valence electrons. The van der Waals surface area contributed by atoms with E-state index in [0.717, 1.165) is 7.69 Å². The fourth-order valence-electron chi connectivity index (χ4n) is 1.81. The Balaban J connectivity index is 1.91. The molecule has 0 bridgehead atoms. The normalized spacial score (nSPS) is 10.1. The third-order valence-corrected chi connectivity index (χ3v) is 2.96. The Kier molecular flexibility index (Phi) is 6.42. The third-order valence-electron chi connectivity index (χ3n) is 2.96. The van der Waals surface area contributed by atoms with Gasteiger partial charge in [-0.05, 0) is 12.1 Å². The van der Waals surface area contributed by atoms with E-state index in [1.165, 1.54) is 39.0 Å². The van der Waals surface area contributed by atoms with Gasteiger partial charge in [0.15, 0.2) is 0 Å². The number of hydrogen-bond donors (Lipinski definition) is 2. The minimum absolute atomic E-state index is 0.322. The standard InChI is InChI=1S/C12H14B3N2O6/c1-20-11-3-5-16-7-9(11)14(18)22-13-23-15(19)10-8-17-6-4-12(10)21-2/h3-8,18-19H,1-2H3. The largest absolute Gasteiger partial charge is 0.497 e. The van der Waals surface area contributed by atoms with Gasteiger partial charge in [-0.1, -0.05) is 0 Å². The molecule has 23 heavy (non-hydrogen) atoms. The molecule has 2 rings (SSSR count). The molecule has 2 aromatic heterocycles. The van der Waals surface area contributed by atoms with Crippen LogP contribution in [0.5, 0.6) is 11.5 Å². The number of methoxy groups -OCH3 is 2. The number of rotatable bonds is 8. The molecule has 2 aromatic rings. The third kappa shape index (κ3) is 4.46. The van der Waals surface area contributed by atoms with Crippen molar-refractivity contribution in [3.05, 3.63) is 36.9 Å². The Morgan fingerprint density at radius 2 is 1.30 bits per heavy atom. The lowest BCUT2D eigenvalue weighted by Crippen LogP contribution is -2.41. The van der Waals surface area contributed by atoms with E-state index in [1.807, 2.05) is 0 Å². The van der Waals surface area contributed by atoms with Crippen molar-refractivity contribution in [1.29, 1.82) is 0 Å². The van der Waals surface area contributed by atoms with Crippen LogP contribution in [0.1, 0.15) is 0 Å². The number of aromatic nitrogens is 2. The molecule has 0 fully saturated rings. The van der Waals surface area contributed by atoms with Crippen molar-refractivity contribution in [2.75, 3.05) is 14.2 Å². The Morgan fingerprint density at radius 1 is 0.870 bits per heavy atom. The maximum atomic E-state index is 9.94. The van der Waals surface area contributed by atoms with Gasteiger partial charge in [-0.2, -0.15) is 0 Å². The summed E-state index contributed by atoms with van der Waals surface area (Å²) in [4.78, 5) is 7.76. The van der Waals surface area contributed by atoms with E-state index in [9.17, 15) is 10.0 Å². The molecule has 0 spiro atoms. The summed E-state index contributed by atoms with van der Waals surface area (Å²) in [6, 6.07) is 3.16. The first-order valence-corrected chi connectivity index (χ1v) is 6.62. The smallest absolute Gasteiger partial charge is 0.482 e. The van der Waals surface area contributed by atoms with Crippen molar-refractivity contribution in [2.24, 2.45) is 0 Å². The molecule has 0 aliphatic heterocycles. The molecule has 11 heteroatoms. The number of nitrogens with zero attached hydrogens (tertiary/aromatic N) is 2. The predicted octanol–water partition coefficient (Wildman–Crippen LogP) is -1.86. The van der Waals surface area contributed by atoms with E-state index in [2.05, 4.69) is 9.97 Å². The second kappa shape index (κ2) is 8.54. The molecule has 2 N–H and O–H groups in total. The van der Waals surface area contributed by atoms with Crippen molar-refractivity contribution in [1.82, 2.24) is 9.97 Å². The second-order valence-corrected chi connectivity index (χ2v) is 4.31. The Morgan fingerprint density at radius 3 is 1.70 bits per heavy atom. The lowest BCUT2D eigenvalue weighted by molar-refractivity contribution is 0.364. The summed E-state index contributed by atoms with van der Waals surface area (Å²) in [7, 11) is 1.03. The van der Waals surface area contributed by atoms with Crippen LogP contribution in [0.3, 0.4) is 0 Å². The van der Waals surface area contributed by atoms with E-state index in [1.54, 1.807) is 12.1 Å². The van der Waals surface area contributed by atoms with Gasteiger partial charge in [-0.15, -0.1) is 0 Å². The van der Waals surface area contributed by atoms with Crippen LogP contribution in [0.25, 0.3) is 0 Å².